The van der Waals surface area contributed by atoms with Crippen LogP contribution in [-0.2, 0) is 4.79 Å². The third-order valence-electron chi connectivity index (χ3n) is 4.07. The maximum atomic E-state index is 12.4. The van der Waals surface area contributed by atoms with E-state index in [4.69, 9.17) is 5.73 Å². The van der Waals surface area contributed by atoms with Gasteiger partial charge in [-0.15, -0.1) is 0 Å². The van der Waals surface area contributed by atoms with Crippen LogP contribution in [0, 0.1) is 12.8 Å². The standard InChI is InChI=1S/C18H28N4O2/c1-13-6-4-8-15(10-13)21-17(24)22-9-5-7-14(11-22)16(23)20-12-18(2,3)19/h4,6,8,10,14H,5,7,9,11-12,19H2,1-3H3,(H,20,23)(H,21,24). The average Bonchev–Trinajstić information content (AvgIpc) is 2.52. The van der Waals surface area contributed by atoms with Crippen molar-refractivity contribution in [2.24, 2.45) is 11.7 Å². The van der Waals surface area contributed by atoms with Crippen molar-refractivity contribution in [3.8, 4) is 0 Å². The van der Waals surface area contributed by atoms with Crippen LogP contribution in [0.2, 0.25) is 0 Å². The zero-order valence-electron chi connectivity index (χ0n) is 14.8. The Kier molecular flexibility index (Phi) is 5.83. The number of amides is 3. The highest BCUT2D eigenvalue weighted by molar-refractivity contribution is 5.90. The molecule has 1 heterocycles. The molecule has 0 aromatic heterocycles. The van der Waals surface area contributed by atoms with E-state index in [1.807, 2.05) is 45.0 Å². The first-order valence-electron chi connectivity index (χ1n) is 8.44. The number of rotatable bonds is 4. The number of piperidine rings is 1. The van der Waals surface area contributed by atoms with Gasteiger partial charge in [-0.25, -0.2) is 4.79 Å². The lowest BCUT2D eigenvalue weighted by molar-refractivity contribution is -0.126. The summed E-state index contributed by atoms with van der Waals surface area (Å²) in [5.74, 6) is -0.203. The summed E-state index contributed by atoms with van der Waals surface area (Å²) in [5.41, 5.74) is 7.33. The fourth-order valence-electron chi connectivity index (χ4n) is 2.76. The van der Waals surface area contributed by atoms with Gasteiger partial charge in [-0.05, 0) is 51.3 Å². The van der Waals surface area contributed by atoms with E-state index in [-0.39, 0.29) is 17.9 Å². The number of likely N-dealkylation sites (tertiary alicyclic amines) is 1. The Bertz CT molecular complexity index is 595. The fraction of sp³-hybridized carbons (Fsp3) is 0.556. The zero-order chi connectivity index (χ0) is 17.7. The number of carbonyl (C=O) groups is 2. The van der Waals surface area contributed by atoms with Crippen LogP contribution in [0.4, 0.5) is 10.5 Å². The number of carbonyl (C=O) groups excluding carboxylic acids is 2. The lowest BCUT2D eigenvalue weighted by Gasteiger charge is -2.32. The van der Waals surface area contributed by atoms with E-state index in [1.165, 1.54) is 0 Å². The minimum Gasteiger partial charge on any atom is -0.354 e. The Morgan fingerprint density at radius 2 is 2.12 bits per heavy atom. The van der Waals surface area contributed by atoms with Gasteiger partial charge < -0.3 is 21.3 Å². The highest BCUT2D eigenvalue weighted by Gasteiger charge is 2.29. The van der Waals surface area contributed by atoms with Crippen LogP contribution in [0.3, 0.4) is 0 Å². The first-order chi connectivity index (χ1) is 11.2. The van der Waals surface area contributed by atoms with Gasteiger partial charge in [-0.2, -0.15) is 0 Å². The Hall–Kier alpha value is -2.08. The first-order valence-corrected chi connectivity index (χ1v) is 8.44. The van der Waals surface area contributed by atoms with Crippen molar-refractivity contribution in [3.63, 3.8) is 0 Å². The third kappa shape index (κ3) is 5.53. The predicted molar refractivity (Wildman–Crippen MR) is 95.8 cm³/mol. The molecule has 1 unspecified atom stereocenters. The van der Waals surface area contributed by atoms with Crippen molar-refractivity contribution < 1.29 is 9.59 Å². The molecule has 0 radical (unpaired) electrons. The van der Waals surface area contributed by atoms with Gasteiger partial charge in [0.25, 0.3) is 0 Å². The summed E-state index contributed by atoms with van der Waals surface area (Å²) < 4.78 is 0. The molecule has 132 valence electrons. The number of hydrogen-bond acceptors (Lipinski definition) is 3. The van der Waals surface area contributed by atoms with Gasteiger partial charge in [0.15, 0.2) is 0 Å². The number of nitrogens with two attached hydrogens (primary N) is 1. The van der Waals surface area contributed by atoms with Gasteiger partial charge in [0.05, 0.1) is 5.92 Å². The quantitative estimate of drug-likeness (QED) is 0.789. The second-order valence-electron chi connectivity index (χ2n) is 7.29. The van der Waals surface area contributed by atoms with Gasteiger partial charge in [-0.3, -0.25) is 4.79 Å². The second kappa shape index (κ2) is 7.66. The topological polar surface area (TPSA) is 87.5 Å². The molecule has 1 fully saturated rings. The Morgan fingerprint density at radius 3 is 2.79 bits per heavy atom. The van der Waals surface area contributed by atoms with Crippen LogP contribution in [0.5, 0.6) is 0 Å². The monoisotopic (exact) mass is 332 g/mol. The number of anilines is 1. The molecule has 1 aromatic rings. The number of nitrogens with one attached hydrogen (secondary N) is 2. The summed E-state index contributed by atoms with van der Waals surface area (Å²) in [6.07, 6.45) is 1.62. The summed E-state index contributed by atoms with van der Waals surface area (Å²) in [6.45, 7) is 7.26. The van der Waals surface area contributed by atoms with E-state index >= 15 is 0 Å². The summed E-state index contributed by atoms with van der Waals surface area (Å²) >= 11 is 0. The molecule has 1 aromatic carbocycles. The Balaban J connectivity index is 1.90. The maximum absolute atomic E-state index is 12.4. The second-order valence-corrected chi connectivity index (χ2v) is 7.29. The van der Waals surface area contributed by atoms with E-state index in [0.717, 1.165) is 24.1 Å². The smallest absolute Gasteiger partial charge is 0.321 e. The number of nitrogens with zero attached hydrogens (tertiary/aromatic N) is 1. The largest absolute Gasteiger partial charge is 0.354 e. The van der Waals surface area contributed by atoms with Crippen molar-refractivity contribution in [3.05, 3.63) is 29.8 Å². The van der Waals surface area contributed by atoms with E-state index in [9.17, 15) is 9.59 Å². The normalized spacial score (nSPS) is 18.2. The molecule has 1 aliphatic heterocycles. The van der Waals surface area contributed by atoms with Crippen molar-refractivity contribution in [1.29, 1.82) is 0 Å². The minimum absolute atomic E-state index is 0.0263. The number of hydrogen-bond donors (Lipinski definition) is 3. The molecule has 0 saturated carbocycles. The lowest BCUT2D eigenvalue weighted by Crippen LogP contribution is -2.50. The summed E-state index contributed by atoms with van der Waals surface area (Å²) in [5, 5.41) is 5.79. The number of aryl methyl sites for hydroxylation is 1. The summed E-state index contributed by atoms with van der Waals surface area (Å²) in [7, 11) is 0. The molecule has 6 heteroatoms. The zero-order valence-corrected chi connectivity index (χ0v) is 14.8. The molecule has 2 rings (SSSR count). The van der Waals surface area contributed by atoms with Crippen LogP contribution in [0.1, 0.15) is 32.3 Å². The molecule has 6 nitrogen and oxygen atoms in total. The number of benzene rings is 1. The van der Waals surface area contributed by atoms with Gasteiger partial charge in [0.2, 0.25) is 5.91 Å². The molecule has 0 aliphatic carbocycles. The van der Waals surface area contributed by atoms with E-state index < -0.39 is 5.54 Å². The third-order valence-corrected chi connectivity index (χ3v) is 4.07. The van der Waals surface area contributed by atoms with Gasteiger partial charge in [0.1, 0.15) is 0 Å². The Morgan fingerprint density at radius 1 is 1.38 bits per heavy atom. The molecule has 1 saturated heterocycles. The van der Waals surface area contributed by atoms with Gasteiger partial charge in [0, 0.05) is 30.9 Å². The summed E-state index contributed by atoms with van der Waals surface area (Å²) in [6, 6.07) is 7.52. The minimum atomic E-state index is -0.438. The molecule has 1 atom stereocenters. The van der Waals surface area contributed by atoms with Gasteiger partial charge >= 0.3 is 6.03 Å². The molecule has 0 spiro atoms. The Labute approximate surface area is 143 Å². The highest BCUT2D eigenvalue weighted by Crippen LogP contribution is 2.18. The van der Waals surface area contributed by atoms with Crippen molar-refractivity contribution in [1.82, 2.24) is 10.2 Å². The molecule has 0 bridgehead atoms. The van der Waals surface area contributed by atoms with Crippen molar-refractivity contribution in [2.45, 2.75) is 39.2 Å². The maximum Gasteiger partial charge on any atom is 0.321 e. The van der Waals surface area contributed by atoms with Crippen molar-refractivity contribution in [2.75, 3.05) is 25.0 Å². The molecule has 3 amide bonds. The molecular weight excluding hydrogens is 304 g/mol. The molecule has 24 heavy (non-hydrogen) atoms. The molecule has 1 aliphatic rings. The molecule has 4 N–H and O–H groups in total. The van der Waals surface area contributed by atoms with Gasteiger partial charge in [-0.1, -0.05) is 12.1 Å². The lowest BCUT2D eigenvalue weighted by atomic mass is 9.97. The van der Waals surface area contributed by atoms with E-state index in [2.05, 4.69) is 10.6 Å². The number of urea groups is 1. The van der Waals surface area contributed by atoms with Crippen LogP contribution in [-0.4, -0.2) is 42.0 Å². The van der Waals surface area contributed by atoms with E-state index in [0.29, 0.717) is 19.6 Å². The van der Waals surface area contributed by atoms with E-state index in [1.54, 1.807) is 4.90 Å². The fourth-order valence-corrected chi connectivity index (χ4v) is 2.76. The predicted octanol–water partition coefficient (Wildman–Crippen LogP) is 2.09. The van der Waals surface area contributed by atoms with Crippen LogP contribution >= 0.6 is 0 Å². The average molecular weight is 332 g/mol. The first kappa shape index (κ1) is 18.3. The van der Waals surface area contributed by atoms with Crippen molar-refractivity contribution >= 4 is 17.6 Å². The molecular formula is C18H28N4O2. The van der Waals surface area contributed by atoms with Crippen LogP contribution in [0.25, 0.3) is 0 Å². The SMILES string of the molecule is Cc1cccc(NC(=O)N2CCCC(C(=O)NCC(C)(C)N)C2)c1. The highest BCUT2D eigenvalue weighted by atomic mass is 16.2. The summed E-state index contributed by atoms with van der Waals surface area (Å²) in [4.78, 5) is 26.4. The van der Waals surface area contributed by atoms with Crippen LogP contribution in [0.15, 0.2) is 24.3 Å². The van der Waals surface area contributed by atoms with Crippen LogP contribution < -0.4 is 16.4 Å².